The lowest BCUT2D eigenvalue weighted by atomic mass is 10.1. The zero-order valence-corrected chi connectivity index (χ0v) is 17.1. The van der Waals surface area contributed by atoms with Gasteiger partial charge in [0.2, 0.25) is 0 Å². The van der Waals surface area contributed by atoms with Crippen LogP contribution in [0.15, 0.2) is 53.6 Å². The van der Waals surface area contributed by atoms with E-state index in [2.05, 4.69) is 28.9 Å². The van der Waals surface area contributed by atoms with E-state index in [4.69, 9.17) is 0 Å². The van der Waals surface area contributed by atoms with Crippen LogP contribution in [0, 0.1) is 0 Å². The molecule has 1 aromatic heterocycles. The van der Waals surface area contributed by atoms with Crippen LogP contribution in [0.25, 0.3) is 0 Å². The summed E-state index contributed by atoms with van der Waals surface area (Å²) in [4.78, 5) is 9.17. The van der Waals surface area contributed by atoms with Crippen LogP contribution in [-0.4, -0.2) is 58.1 Å². The van der Waals surface area contributed by atoms with Gasteiger partial charge >= 0.3 is 0 Å². The third kappa shape index (κ3) is 4.25. The predicted molar refractivity (Wildman–Crippen MR) is 110 cm³/mol. The third-order valence-electron chi connectivity index (χ3n) is 5.09. The Morgan fingerprint density at radius 1 is 1.15 bits per heavy atom. The molecule has 1 aliphatic heterocycles. The van der Waals surface area contributed by atoms with Crippen LogP contribution in [0.2, 0.25) is 0 Å². The summed E-state index contributed by atoms with van der Waals surface area (Å²) in [5.74, 6) is 0.836. The number of likely N-dealkylation sites (N-methyl/N-ethyl adjacent to an activating group) is 1. The highest BCUT2D eigenvalue weighted by molar-refractivity contribution is 7.92. The van der Waals surface area contributed by atoms with Crippen molar-refractivity contribution in [2.45, 2.75) is 30.7 Å². The molecular weight excluding hydrogens is 360 g/mol. The van der Waals surface area contributed by atoms with Crippen molar-refractivity contribution in [3.63, 3.8) is 0 Å². The van der Waals surface area contributed by atoms with Gasteiger partial charge in [-0.2, -0.15) is 0 Å². The Kier molecular flexibility index (Phi) is 6.01. The molecule has 0 bridgehead atoms. The van der Waals surface area contributed by atoms with Crippen LogP contribution in [0.3, 0.4) is 0 Å². The highest BCUT2D eigenvalue weighted by Gasteiger charge is 2.26. The van der Waals surface area contributed by atoms with Crippen molar-refractivity contribution in [1.29, 1.82) is 0 Å². The van der Waals surface area contributed by atoms with E-state index in [1.165, 1.54) is 16.9 Å². The maximum atomic E-state index is 13.1. The number of anilines is 2. The summed E-state index contributed by atoms with van der Waals surface area (Å²) in [6, 6.07) is 13.2. The first-order chi connectivity index (χ1) is 12.9. The molecule has 1 unspecified atom stereocenters. The first-order valence-electron chi connectivity index (χ1n) is 9.38. The minimum Gasteiger partial charge on any atom is -0.355 e. The standard InChI is InChI=1S/C20H28N4O2S/c1-4-24(17-9-6-5-7-10-17)27(25,26)19-12-13-20(21-15-19)23-14-8-11-18(16-23)22(2)3/h5-7,9-10,12-13,15,18H,4,8,11,14,16H2,1-3H3. The second-order valence-corrected chi connectivity index (χ2v) is 8.93. The van der Waals surface area contributed by atoms with Crippen LogP contribution >= 0.6 is 0 Å². The van der Waals surface area contributed by atoms with Crippen LogP contribution in [0.4, 0.5) is 11.5 Å². The number of piperidine rings is 1. The molecule has 0 aliphatic carbocycles. The zero-order chi connectivity index (χ0) is 19.4. The number of aromatic nitrogens is 1. The molecule has 0 amide bonds. The normalized spacial score (nSPS) is 17.9. The number of nitrogens with zero attached hydrogens (tertiary/aromatic N) is 4. The number of hydrogen-bond acceptors (Lipinski definition) is 5. The van der Waals surface area contributed by atoms with Crippen LogP contribution in [0.5, 0.6) is 0 Å². The molecule has 146 valence electrons. The largest absolute Gasteiger partial charge is 0.355 e. The maximum absolute atomic E-state index is 13.1. The van der Waals surface area contributed by atoms with Gasteiger partial charge in [0, 0.05) is 31.9 Å². The van der Waals surface area contributed by atoms with Gasteiger partial charge in [0.1, 0.15) is 10.7 Å². The molecule has 0 N–H and O–H groups in total. The van der Waals surface area contributed by atoms with Crippen molar-refractivity contribution in [2.75, 3.05) is 42.9 Å². The van der Waals surface area contributed by atoms with Crippen molar-refractivity contribution < 1.29 is 8.42 Å². The van der Waals surface area contributed by atoms with E-state index in [9.17, 15) is 8.42 Å². The molecule has 1 saturated heterocycles. The van der Waals surface area contributed by atoms with Crippen molar-refractivity contribution in [2.24, 2.45) is 0 Å². The molecule has 3 rings (SSSR count). The SMILES string of the molecule is CCN(c1ccccc1)S(=O)(=O)c1ccc(N2CCCC(N(C)C)C2)nc1. The lowest BCUT2D eigenvalue weighted by Crippen LogP contribution is -2.45. The Morgan fingerprint density at radius 3 is 2.48 bits per heavy atom. The highest BCUT2D eigenvalue weighted by atomic mass is 32.2. The Hall–Kier alpha value is -2.12. The van der Waals surface area contributed by atoms with Gasteiger partial charge in [0.05, 0.1) is 5.69 Å². The average Bonchev–Trinajstić information content (AvgIpc) is 2.69. The predicted octanol–water partition coefficient (Wildman–Crippen LogP) is 2.83. The van der Waals surface area contributed by atoms with E-state index >= 15 is 0 Å². The van der Waals surface area contributed by atoms with E-state index in [0.29, 0.717) is 18.3 Å². The minimum atomic E-state index is -3.63. The van der Waals surface area contributed by atoms with Crippen molar-refractivity contribution >= 4 is 21.5 Å². The fraction of sp³-hybridized carbons (Fsp3) is 0.450. The van der Waals surface area contributed by atoms with Gasteiger partial charge in [0.25, 0.3) is 10.0 Å². The second-order valence-electron chi connectivity index (χ2n) is 7.06. The lowest BCUT2D eigenvalue weighted by molar-refractivity contribution is 0.257. The molecular formula is C20H28N4O2S. The van der Waals surface area contributed by atoms with Crippen molar-refractivity contribution in [3.05, 3.63) is 48.7 Å². The number of rotatable bonds is 6. The number of pyridine rings is 1. The fourth-order valence-electron chi connectivity index (χ4n) is 3.51. The molecule has 1 atom stereocenters. The molecule has 1 fully saturated rings. The van der Waals surface area contributed by atoms with Crippen molar-refractivity contribution in [3.8, 4) is 0 Å². The van der Waals surface area contributed by atoms with E-state index in [-0.39, 0.29) is 4.90 Å². The molecule has 27 heavy (non-hydrogen) atoms. The molecule has 6 nitrogen and oxygen atoms in total. The monoisotopic (exact) mass is 388 g/mol. The van der Waals surface area contributed by atoms with Gasteiger partial charge in [-0.05, 0) is 58.1 Å². The summed E-state index contributed by atoms with van der Waals surface area (Å²) in [5, 5.41) is 0. The fourth-order valence-corrected chi connectivity index (χ4v) is 4.93. The minimum absolute atomic E-state index is 0.220. The van der Waals surface area contributed by atoms with Gasteiger partial charge in [-0.3, -0.25) is 4.31 Å². The van der Waals surface area contributed by atoms with E-state index < -0.39 is 10.0 Å². The molecule has 2 aromatic rings. The van der Waals surface area contributed by atoms with E-state index in [1.807, 2.05) is 31.2 Å². The van der Waals surface area contributed by atoms with Gasteiger partial charge in [-0.1, -0.05) is 18.2 Å². The van der Waals surface area contributed by atoms with Crippen molar-refractivity contribution in [1.82, 2.24) is 9.88 Å². The average molecular weight is 389 g/mol. The number of benzene rings is 1. The molecule has 0 spiro atoms. The first kappa shape index (κ1) is 19.6. The summed E-state index contributed by atoms with van der Waals surface area (Å²) in [6.45, 7) is 4.07. The summed E-state index contributed by atoms with van der Waals surface area (Å²) in [6.07, 6.45) is 3.77. The Morgan fingerprint density at radius 2 is 1.89 bits per heavy atom. The summed E-state index contributed by atoms with van der Waals surface area (Å²) < 4.78 is 27.5. The smallest absolute Gasteiger partial charge is 0.265 e. The summed E-state index contributed by atoms with van der Waals surface area (Å²) in [5.41, 5.74) is 0.661. The quantitative estimate of drug-likeness (QED) is 0.762. The molecule has 1 aliphatic rings. The van der Waals surface area contributed by atoms with Gasteiger partial charge < -0.3 is 9.80 Å². The third-order valence-corrected chi connectivity index (χ3v) is 6.98. The molecule has 0 radical (unpaired) electrons. The summed E-state index contributed by atoms with van der Waals surface area (Å²) >= 11 is 0. The highest BCUT2D eigenvalue weighted by Crippen LogP contribution is 2.25. The summed E-state index contributed by atoms with van der Waals surface area (Å²) in [7, 11) is 0.563. The van der Waals surface area contributed by atoms with Gasteiger partial charge in [0.15, 0.2) is 0 Å². The van der Waals surface area contributed by atoms with Gasteiger partial charge in [-0.25, -0.2) is 13.4 Å². The molecule has 1 aromatic carbocycles. The maximum Gasteiger partial charge on any atom is 0.265 e. The van der Waals surface area contributed by atoms with Gasteiger partial charge in [-0.15, -0.1) is 0 Å². The van der Waals surface area contributed by atoms with Crippen LogP contribution in [0.1, 0.15) is 19.8 Å². The lowest BCUT2D eigenvalue weighted by Gasteiger charge is -2.36. The number of para-hydroxylation sites is 1. The number of hydrogen-bond donors (Lipinski definition) is 0. The molecule has 7 heteroatoms. The van der Waals surface area contributed by atoms with E-state index in [1.54, 1.807) is 18.2 Å². The zero-order valence-electron chi connectivity index (χ0n) is 16.2. The number of sulfonamides is 1. The van der Waals surface area contributed by atoms with Crippen LogP contribution < -0.4 is 9.21 Å². The Bertz CT molecular complexity index is 838. The topological polar surface area (TPSA) is 56.8 Å². The molecule has 0 saturated carbocycles. The Balaban J connectivity index is 1.82. The van der Waals surface area contributed by atoms with Crippen LogP contribution in [-0.2, 0) is 10.0 Å². The molecule has 2 heterocycles. The second kappa shape index (κ2) is 8.27. The van der Waals surface area contributed by atoms with E-state index in [0.717, 1.165) is 25.3 Å². The Labute approximate surface area is 162 Å². The first-order valence-corrected chi connectivity index (χ1v) is 10.8.